The fourth-order valence-electron chi connectivity index (χ4n) is 2.94. The molecule has 1 saturated heterocycles. The fraction of sp³-hybridized carbons (Fsp3) is 0.471. The Balaban J connectivity index is 1.41. The maximum absolute atomic E-state index is 12.8. The molecule has 0 aliphatic carbocycles. The number of aliphatic hydroxyl groups is 1. The Kier molecular flexibility index (Phi) is 4.63. The fourth-order valence-corrected chi connectivity index (χ4v) is 2.94. The monoisotopic (exact) mass is 319 g/mol. The van der Waals surface area contributed by atoms with E-state index in [4.69, 9.17) is 4.74 Å². The van der Waals surface area contributed by atoms with Crippen molar-refractivity contribution in [2.75, 3.05) is 26.2 Å². The minimum atomic E-state index is -0.568. The highest BCUT2D eigenvalue weighted by Gasteiger charge is 2.30. The van der Waals surface area contributed by atoms with Gasteiger partial charge in [0.1, 0.15) is 24.3 Å². The van der Waals surface area contributed by atoms with Crippen LogP contribution in [0.15, 0.2) is 30.3 Å². The van der Waals surface area contributed by atoms with Gasteiger partial charge in [-0.05, 0) is 44.2 Å². The van der Waals surface area contributed by atoms with Crippen molar-refractivity contribution in [1.29, 1.82) is 0 Å². The van der Waals surface area contributed by atoms with Crippen LogP contribution < -0.4 is 4.74 Å². The van der Waals surface area contributed by atoms with Gasteiger partial charge in [0.2, 0.25) is 0 Å². The predicted molar refractivity (Wildman–Crippen MR) is 85.1 cm³/mol. The molecular weight excluding hydrogens is 297 g/mol. The third-order valence-electron chi connectivity index (χ3n) is 4.05. The van der Waals surface area contributed by atoms with Gasteiger partial charge in [0, 0.05) is 25.3 Å². The van der Waals surface area contributed by atoms with E-state index in [2.05, 4.69) is 27.7 Å². The average molecular weight is 319 g/mol. The van der Waals surface area contributed by atoms with Crippen LogP contribution in [0.1, 0.15) is 17.4 Å². The number of rotatable bonds is 6. The Bertz CT molecular complexity index is 650. The molecule has 2 aromatic rings. The highest BCUT2D eigenvalue weighted by Crippen LogP contribution is 2.22. The summed E-state index contributed by atoms with van der Waals surface area (Å²) in [5, 5.41) is 14.6. The van der Waals surface area contributed by atoms with E-state index in [1.165, 1.54) is 17.8 Å². The topological polar surface area (TPSA) is 50.5 Å². The summed E-state index contributed by atoms with van der Waals surface area (Å²) in [6.07, 6.45) is -0.568. The lowest BCUT2D eigenvalue weighted by molar-refractivity contribution is 0.0199. The second kappa shape index (κ2) is 6.68. The summed E-state index contributed by atoms with van der Waals surface area (Å²) in [6, 6.07) is 8.27. The van der Waals surface area contributed by atoms with Crippen LogP contribution in [-0.2, 0) is 0 Å². The number of aryl methyl sites for hydroxylation is 2. The van der Waals surface area contributed by atoms with Crippen LogP contribution in [0.25, 0.3) is 0 Å². The van der Waals surface area contributed by atoms with E-state index in [0.717, 1.165) is 18.8 Å². The summed E-state index contributed by atoms with van der Waals surface area (Å²) in [5.41, 5.74) is 2.21. The molecule has 3 rings (SSSR count). The normalized spacial score (nSPS) is 17.0. The summed E-state index contributed by atoms with van der Waals surface area (Å²) < 4.78 is 20.3. The molecule has 1 aromatic carbocycles. The molecule has 1 aliphatic rings. The number of aromatic nitrogens is 2. The van der Waals surface area contributed by atoms with Gasteiger partial charge in [-0.2, -0.15) is 5.10 Å². The van der Waals surface area contributed by atoms with Gasteiger partial charge in [-0.25, -0.2) is 4.39 Å². The minimum Gasteiger partial charge on any atom is -0.491 e. The molecule has 1 aliphatic heterocycles. The lowest BCUT2D eigenvalue weighted by Gasteiger charge is -2.40. The first kappa shape index (κ1) is 16.0. The van der Waals surface area contributed by atoms with Gasteiger partial charge in [-0.3, -0.25) is 9.58 Å². The molecule has 0 spiro atoms. The van der Waals surface area contributed by atoms with Crippen molar-refractivity contribution >= 4 is 0 Å². The first-order chi connectivity index (χ1) is 11.0. The minimum absolute atomic E-state index is 0.201. The summed E-state index contributed by atoms with van der Waals surface area (Å²) >= 11 is 0. The van der Waals surface area contributed by atoms with Crippen molar-refractivity contribution < 1.29 is 14.2 Å². The predicted octanol–water partition coefficient (Wildman–Crippen LogP) is 1.94. The molecule has 0 radical (unpaired) electrons. The summed E-state index contributed by atoms with van der Waals surface area (Å²) in [6.45, 7) is 6.60. The lowest BCUT2D eigenvalue weighted by Crippen LogP contribution is -2.51. The molecule has 5 nitrogen and oxygen atoms in total. The van der Waals surface area contributed by atoms with Crippen LogP contribution in [0.5, 0.6) is 5.75 Å². The average Bonchev–Trinajstić information content (AvgIpc) is 2.80. The van der Waals surface area contributed by atoms with E-state index in [9.17, 15) is 9.50 Å². The van der Waals surface area contributed by atoms with E-state index >= 15 is 0 Å². The van der Waals surface area contributed by atoms with Crippen molar-refractivity contribution in [2.24, 2.45) is 0 Å². The highest BCUT2D eigenvalue weighted by atomic mass is 19.1. The van der Waals surface area contributed by atoms with Crippen molar-refractivity contribution in [3.05, 3.63) is 47.5 Å². The van der Waals surface area contributed by atoms with Crippen LogP contribution >= 0.6 is 0 Å². The zero-order valence-electron chi connectivity index (χ0n) is 13.4. The van der Waals surface area contributed by atoms with Crippen molar-refractivity contribution in [3.8, 4) is 5.75 Å². The largest absolute Gasteiger partial charge is 0.491 e. The van der Waals surface area contributed by atoms with Crippen LogP contribution in [0.4, 0.5) is 4.39 Å². The van der Waals surface area contributed by atoms with Crippen LogP contribution in [0.3, 0.4) is 0 Å². The number of nitrogens with zero attached hydrogens (tertiary/aromatic N) is 3. The Morgan fingerprint density at radius 2 is 2.00 bits per heavy atom. The number of ether oxygens (including phenoxy) is 1. The smallest absolute Gasteiger partial charge is 0.123 e. The highest BCUT2D eigenvalue weighted by molar-refractivity contribution is 5.22. The van der Waals surface area contributed by atoms with E-state index < -0.39 is 6.10 Å². The number of benzene rings is 1. The molecule has 6 heteroatoms. The third kappa shape index (κ3) is 3.89. The molecule has 0 bridgehead atoms. The molecule has 0 amide bonds. The molecule has 0 saturated carbocycles. The molecule has 124 valence electrons. The quantitative estimate of drug-likeness (QED) is 0.884. The van der Waals surface area contributed by atoms with Gasteiger partial charge >= 0.3 is 0 Å². The maximum Gasteiger partial charge on any atom is 0.123 e. The Hall–Kier alpha value is -1.92. The summed E-state index contributed by atoms with van der Waals surface area (Å²) in [5.74, 6) is 0.267. The molecule has 23 heavy (non-hydrogen) atoms. The number of β-amino-alcohol motifs (C(OH)–C–C–N with tert-alkyl or cyclic N) is 1. The zero-order valence-corrected chi connectivity index (χ0v) is 13.4. The van der Waals surface area contributed by atoms with Crippen LogP contribution in [0, 0.1) is 19.7 Å². The summed E-state index contributed by atoms with van der Waals surface area (Å²) in [7, 11) is 0. The summed E-state index contributed by atoms with van der Waals surface area (Å²) in [4.78, 5) is 2.18. The standard InChI is InChI=1S/C17H22FN3O2/c1-12-7-13(2)21(19-12)15-8-20(9-15)10-16(22)11-23-17-5-3-14(18)4-6-17/h3-7,15-16,22H,8-11H2,1-2H3. The van der Waals surface area contributed by atoms with E-state index in [1.807, 2.05) is 6.92 Å². The zero-order chi connectivity index (χ0) is 16.4. The molecule has 1 N–H and O–H groups in total. The SMILES string of the molecule is Cc1cc(C)n(C2CN(CC(O)COc3ccc(F)cc3)C2)n1. The molecule has 1 unspecified atom stereocenters. The van der Waals surface area contributed by atoms with Gasteiger partial charge in [-0.15, -0.1) is 0 Å². The Morgan fingerprint density at radius 1 is 1.30 bits per heavy atom. The number of aliphatic hydroxyl groups excluding tert-OH is 1. The van der Waals surface area contributed by atoms with Crippen LogP contribution in [0.2, 0.25) is 0 Å². The molecule has 1 atom stereocenters. The molecular formula is C17H22FN3O2. The first-order valence-corrected chi connectivity index (χ1v) is 7.83. The Labute approximate surface area is 135 Å². The maximum atomic E-state index is 12.8. The van der Waals surface area contributed by atoms with Gasteiger partial charge in [0.05, 0.1) is 11.7 Å². The second-order valence-electron chi connectivity index (χ2n) is 6.16. The van der Waals surface area contributed by atoms with Gasteiger partial charge in [-0.1, -0.05) is 0 Å². The van der Waals surface area contributed by atoms with Crippen LogP contribution in [-0.4, -0.2) is 52.1 Å². The third-order valence-corrected chi connectivity index (χ3v) is 4.05. The van der Waals surface area contributed by atoms with Crippen molar-refractivity contribution in [1.82, 2.24) is 14.7 Å². The van der Waals surface area contributed by atoms with Gasteiger partial charge in [0.25, 0.3) is 0 Å². The number of likely N-dealkylation sites (tertiary alicyclic amines) is 1. The molecule has 1 aromatic heterocycles. The van der Waals surface area contributed by atoms with Gasteiger partial charge in [0.15, 0.2) is 0 Å². The van der Waals surface area contributed by atoms with E-state index in [0.29, 0.717) is 18.3 Å². The Morgan fingerprint density at radius 3 is 2.61 bits per heavy atom. The van der Waals surface area contributed by atoms with E-state index in [-0.39, 0.29) is 12.4 Å². The number of hydrogen-bond acceptors (Lipinski definition) is 4. The number of hydrogen-bond donors (Lipinski definition) is 1. The van der Waals surface area contributed by atoms with E-state index in [1.54, 1.807) is 12.1 Å². The van der Waals surface area contributed by atoms with Gasteiger partial charge < -0.3 is 9.84 Å². The van der Waals surface area contributed by atoms with Crippen molar-refractivity contribution in [3.63, 3.8) is 0 Å². The number of halogens is 1. The first-order valence-electron chi connectivity index (χ1n) is 7.83. The molecule has 1 fully saturated rings. The molecule has 2 heterocycles. The second-order valence-corrected chi connectivity index (χ2v) is 6.16. The van der Waals surface area contributed by atoms with Crippen molar-refractivity contribution in [2.45, 2.75) is 26.0 Å². The lowest BCUT2D eigenvalue weighted by atomic mass is 10.1.